The summed E-state index contributed by atoms with van der Waals surface area (Å²) >= 11 is 0. The van der Waals surface area contributed by atoms with E-state index in [2.05, 4.69) is 0 Å². The van der Waals surface area contributed by atoms with Crippen molar-refractivity contribution in [2.24, 2.45) is 0 Å². The average molecular weight is 321 g/mol. The topological polar surface area (TPSA) is 63.7 Å². The number of rotatable bonds is 3. The summed E-state index contributed by atoms with van der Waals surface area (Å²) < 4.78 is 0. The van der Waals surface area contributed by atoms with E-state index in [-0.39, 0.29) is 11.1 Å². The lowest BCUT2D eigenvalue weighted by Gasteiger charge is -2.27. The van der Waals surface area contributed by atoms with Crippen LogP contribution in [0.1, 0.15) is 61.8 Å². The molecule has 1 heterocycles. The summed E-state index contributed by atoms with van der Waals surface area (Å²) in [5.41, 5.74) is 1.84. The van der Waals surface area contributed by atoms with Crippen LogP contribution in [0, 0.1) is 0 Å². The van der Waals surface area contributed by atoms with Crippen LogP contribution < -0.4 is 0 Å². The fraction of sp³-hybridized carbons (Fsp3) is 0.211. The van der Waals surface area contributed by atoms with Gasteiger partial charge in [0.05, 0.1) is 16.7 Å². The Morgan fingerprint density at radius 3 is 2.08 bits per heavy atom. The molecule has 1 saturated carbocycles. The van der Waals surface area contributed by atoms with Crippen molar-refractivity contribution in [2.75, 3.05) is 0 Å². The Balaban J connectivity index is 1.60. The molecule has 0 spiro atoms. The SMILES string of the molecule is O=C(ON1C(=O)c2ccccc2C1=O)c1ccccc1C1CCC1. The van der Waals surface area contributed by atoms with Gasteiger partial charge in [-0.3, -0.25) is 9.59 Å². The van der Waals surface area contributed by atoms with Gasteiger partial charge in [0.15, 0.2) is 0 Å². The van der Waals surface area contributed by atoms with E-state index in [1.807, 2.05) is 12.1 Å². The molecular weight excluding hydrogens is 306 g/mol. The molecule has 1 aliphatic carbocycles. The minimum absolute atomic E-state index is 0.252. The number of hydroxylamine groups is 2. The first-order valence-corrected chi connectivity index (χ1v) is 7.96. The van der Waals surface area contributed by atoms with Crippen LogP contribution in [-0.4, -0.2) is 22.8 Å². The summed E-state index contributed by atoms with van der Waals surface area (Å²) in [7, 11) is 0. The Morgan fingerprint density at radius 1 is 0.917 bits per heavy atom. The number of imide groups is 1. The summed E-state index contributed by atoms with van der Waals surface area (Å²) in [6.07, 6.45) is 3.22. The van der Waals surface area contributed by atoms with E-state index >= 15 is 0 Å². The molecule has 2 aromatic carbocycles. The Hall–Kier alpha value is -2.95. The molecule has 5 nitrogen and oxygen atoms in total. The Bertz CT molecular complexity index is 819. The third kappa shape index (κ3) is 2.21. The maximum atomic E-state index is 12.5. The molecule has 0 saturated heterocycles. The number of amides is 2. The van der Waals surface area contributed by atoms with Gasteiger partial charge in [0.2, 0.25) is 0 Å². The van der Waals surface area contributed by atoms with Crippen molar-refractivity contribution in [1.29, 1.82) is 0 Å². The molecule has 0 bridgehead atoms. The number of hydrogen-bond acceptors (Lipinski definition) is 4. The highest BCUT2D eigenvalue weighted by molar-refractivity contribution is 6.21. The highest BCUT2D eigenvalue weighted by atomic mass is 16.7. The lowest BCUT2D eigenvalue weighted by molar-refractivity contribution is -0.0585. The second kappa shape index (κ2) is 5.60. The first-order chi connectivity index (χ1) is 11.7. The molecule has 0 aromatic heterocycles. The maximum absolute atomic E-state index is 12.5. The Morgan fingerprint density at radius 2 is 1.50 bits per heavy atom. The van der Waals surface area contributed by atoms with Gasteiger partial charge in [0.1, 0.15) is 0 Å². The van der Waals surface area contributed by atoms with Gasteiger partial charge in [-0.1, -0.05) is 41.8 Å². The largest absolute Gasteiger partial charge is 0.364 e. The number of fused-ring (bicyclic) bond motifs is 1. The van der Waals surface area contributed by atoms with Gasteiger partial charge in [0.25, 0.3) is 11.8 Å². The molecule has 5 heteroatoms. The smallest absolute Gasteiger partial charge is 0.324 e. The zero-order chi connectivity index (χ0) is 16.7. The van der Waals surface area contributed by atoms with Crippen LogP contribution in [-0.2, 0) is 4.84 Å². The number of benzene rings is 2. The minimum atomic E-state index is -0.674. The van der Waals surface area contributed by atoms with Crippen LogP contribution in [0.4, 0.5) is 0 Å². The minimum Gasteiger partial charge on any atom is -0.324 e. The van der Waals surface area contributed by atoms with Crippen molar-refractivity contribution in [3.63, 3.8) is 0 Å². The van der Waals surface area contributed by atoms with Crippen molar-refractivity contribution in [2.45, 2.75) is 25.2 Å². The summed E-state index contributed by atoms with van der Waals surface area (Å²) in [6.45, 7) is 0. The van der Waals surface area contributed by atoms with Gasteiger partial charge in [-0.05, 0) is 42.5 Å². The highest BCUT2D eigenvalue weighted by Gasteiger charge is 2.39. The van der Waals surface area contributed by atoms with Crippen molar-refractivity contribution in [3.8, 4) is 0 Å². The van der Waals surface area contributed by atoms with E-state index in [1.165, 1.54) is 0 Å². The van der Waals surface area contributed by atoms with E-state index in [9.17, 15) is 14.4 Å². The Labute approximate surface area is 138 Å². The normalized spacial score (nSPS) is 16.8. The average Bonchev–Trinajstić information content (AvgIpc) is 2.79. The fourth-order valence-electron chi connectivity index (χ4n) is 3.14. The third-order valence-electron chi connectivity index (χ3n) is 4.66. The van der Waals surface area contributed by atoms with Gasteiger partial charge in [0, 0.05) is 0 Å². The standard InChI is InChI=1S/C19H15NO4/c21-17-14-9-2-3-10-15(14)18(22)20(17)24-19(23)16-11-4-1-8-13(16)12-6-5-7-12/h1-4,8-12H,5-7H2. The van der Waals surface area contributed by atoms with Gasteiger partial charge in [-0.15, -0.1) is 0 Å². The molecule has 0 radical (unpaired) electrons. The molecule has 120 valence electrons. The predicted molar refractivity (Wildman–Crippen MR) is 85.4 cm³/mol. The van der Waals surface area contributed by atoms with Gasteiger partial charge < -0.3 is 4.84 Å². The van der Waals surface area contributed by atoms with E-state index in [0.717, 1.165) is 24.8 Å². The molecule has 1 fully saturated rings. The van der Waals surface area contributed by atoms with Gasteiger partial charge in [-0.25, -0.2) is 4.79 Å². The first kappa shape index (κ1) is 14.6. The van der Waals surface area contributed by atoms with E-state index in [0.29, 0.717) is 16.5 Å². The number of nitrogens with zero attached hydrogens (tertiary/aromatic N) is 1. The summed E-state index contributed by atoms with van der Waals surface area (Å²) in [5.74, 6) is -1.54. The van der Waals surface area contributed by atoms with Gasteiger partial charge >= 0.3 is 5.97 Å². The van der Waals surface area contributed by atoms with Crippen LogP contribution in [0.3, 0.4) is 0 Å². The van der Waals surface area contributed by atoms with Crippen LogP contribution in [0.25, 0.3) is 0 Å². The van der Waals surface area contributed by atoms with Gasteiger partial charge in [-0.2, -0.15) is 0 Å². The van der Waals surface area contributed by atoms with E-state index < -0.39 is 17.8 Å². The molecule has 24 heavy (non-hydrogen) atoms. The molecule has 2 aromatic rings. The van der Waals surface area contributed by atoms with Crippen molar-refractivity contribution >= 4 is 17.8 Å². The molecule has 1 aliphatic heterocycles. The lowest BCUT2D eigenvalue weighted by Crippen LogP contribution is -2.33. The summed E-state index contributed by atoms with van der Waals surface area (Å²) in [5, 5.41) is 0.560. The van der Waals surface area contributed by atoms with Crippen LogP contribution in [0.15, 0.2) is 48.5 Å². The molecule has 2 aliphatic rings. The summed E-state index contributed by atoms with van der Waals surface area (Å²) in [6, 6.07) is 13.6. The number of carbonyl (C=O) groups excluding carboxylic acids is 3. The third-order valence-corrected chi connectivity index (χ3v) is 4.66. The van der Waals surface area contributed by atoms with Crippen LogP contribution in [0.2, 0.25) is 0 Å². The molecule has 4 rings (SSSR count). The highest BCUT2D eigenvalue weighted by Crippen LogP contribution is 2.38. The maximum Gasteiger partial charge on any atom is 0.364 e. The number of carbonyl (C=O) groups is 3. The van der Waals surface area contributed by atoms with Crippen LogP contribution in [0.5, 0.6) is 0 Å². The predicted octanol–water partition coefficient (Wildman–Crippen LogP) is 3.32. The van der Waals surface area contributed by atoms with Crippen molar-refractivity contribution < 1.29 is 19.2 Å². The van der Waals surface area contributed by atoms with E-state index in [1.54, 1.807) is 36.4 Å². The quantitative estimate of drug-likeness (QED) is 0.814. The second-order valence-corrected chi connectivity index (χ2v) is 6.04. The zero-order valence-electron chi connectivity index (χ0n) is 12.9. The molecule has 2 amide bonds. The van der Waals surface area contributed by atoms with Crippen LogP contribution >= 0.6 is 0 Å². The molecule has 0 atom stereocenters. The zero-order valence-corrected chi connectivity index (χ0v) is 12.9. The monoisotopic (exact) mass is 321 g/mol. The molecular formula is C19H15NO4. The molecule has 0 unspecified atom stereocenters. The van der Waals surface area contributed by atoms with Crippen molar-refractivity contribution in [3.05, 3.63) is 70.8 Å². The molecule has 0 N–H and O–H groups in total. The lowest BCUT2D eigenvalue weighted by atomic mass is 9.78. The Kier molecular flexibility index (Phi) is 3.41. The fourth-order valence-corrected chi connectivity index (χ4v) is 3.14. The second-order valence-electron chi connectivity index (χ2n) is 6.04. The summed E-state index contributed by atoms with van der Waals surface area (Å²) in [4.78, 5) is 42.3. The van der Waals surface area contributed by atoms with Crippen molar-refractivity contribution in [1.82, 2.24) is 5.06 Å². The number of hydrogen-bond donors (Lipinski definition) is 0. The van der Waals surface area contributed by atoms with E-state index in [4.69, 9.17) is 4.84 Å². The first-order valence-electron chi connectivity index (χ1n) is 7.96.